The molecule has 1 aliphatic rings. The average molecular weight is 252 g/mol. The van der Waals surface area contributed by atoms with Gasteiger partial charge in [0.1, 0.15) is 5.69 Å². The highest BCUT2D eigenvalue weighted by Gasteiger charge is 2.32. The normalized spacial score (nSPS) is 24.3. The predicted molar refractivity (Wildman–Crippen MR) is 67.1 cm³/mol. The fourth-order valence-corrected chi connectivity index (χ4v) is 2.40. The van der Waals surface area contributed by atoms with Crippen molar-refractivity contribution in [3.05, 3.63) is 18.0 Å². The molecule has 0 spiro atoms. The molecule has 2 N–H and O–H groups in total. The molecule has 0 radical (unpaired) electrons. The molecule has 6 nitrogen and oxygen atoms in total. The van der Waals surface area contributed by atoms with Crippen molar-refractivity contribution in [2.45, 2.75) is 25.0 Å². The predicted octanol–water partition coefficient (Wildman–Crippen LogP) is -0.00160. The highest BCUT2D eigenvalue weighted by atomic mass is 16.5. The molecule has 0 aromatic carbocycles. The Balaban J connectivity index is 2.10. The lowest BCUT2D eigenvalue weighted by Crippen LogP contribution is -2.51. The number of likely N-dealkylation sites (tertiary alicyclic amines) is 1. The molecule has 0 aliphatic carbocycles. The van der Waals surface area contributed by atoms with E-state index in [1.165, 1.54) is 0 Å². The van der Waals surface area contributed by atoms with Crippen LogP contribution in [0, 0.1) is 0 Å². The first-order valence-corrected chi connectivity index (χ1v) is 6.19. The lowest BCUT2D eigenvalue weighted by Gasteiger charge is -2.38. The molecule has 1 aromatic heterocycles. The highest BCUT2D eigenvalue weighted by molar-refractivity contribution is 5.92. The van der Waals surface area contributed by atoms with E-state index in [4.69, 9.17) is 10.5 Å². The molecule has 1 aromatic rings. The minimum absolute atomic E-state index is 0.0400. The van der Waals surface area contributed by atoms with Crippen LogP contribution < -0.4 is 5.73 Å². The molecule has 1 amide bonds. The number of rotatable bonds is 3. The average Bonchev–Trinajstić information content (AvgIpc) is 2.83. The number of amides is 1. The quantitative estimate of drug-likeness (QED) is 0.821. The zero-order valence-corrected chi connectivity index (χ0v) is 10.9. The third-order valence-corrected chi connectivity index (χ3v) is 3.47. The number of nitrogens with zero attached hydrogens (tertiary/aromatic N) is 3. The summed E-state index contributed by atoms with van der Waals surface area (Å²) in [5, 5.41) is 4.15. The van der Waals surface area contributed by atoms with Gasteiger partial charge in [0.2, 0.25) is 0 Å². The highest BCUT2D eigenvalue weighted by Crippen LogP contribution is 2.20. The van der Waals surface area contributed by atoms with Gasteiger partial charge in [0, 0.05) is 39.5 Å². The van der Waals surface area contributed by atoms with Crippen molar-refractivity contribution in [2.24, 2.45) is 12.8 Å². The van der Waals surface area contributed by atoms with Gasteiger partial charge < -0.3 is 15.4 Å². The van der Waals surface area contributed by atoms with Crippen LogP contribution in [0.2, 0.25) is 0 Å². The summed E-state index contributed by atoms with van der Waals surface area (Å²) in [6.45, 7) is 1.13. The van der Waals surface area contributed by atoms with Crippen LogP contribution in [0.25, 0.3) is 0 Å². The number of carbonyl (C=O) groups is 1. The van der Waals surface area contributed by atoms with Crippen LogP contribution in [-0.2, 0) is 11.8 Å². The Morgan fingerprint density at radius 1 is 1.67 bits per heavy atom. The van der Waals surface area contributed by atoms with Crippen molar-refractivity contribution in [3.63, 3.8) is 0 Å². The van der Waals surface area contributed by atoms with E-state index in [1.54, 1.807) is 31.1 Å². The van der Waals surface area contributed by atoms with E-state index in [-0.39, 0.29) is 18.1 Å². The van der Waals surface area contributed by atoms with E-state index in [1.807, 2.05) is 4.90 Å². The summed E-state index contributed by atoms with van der Waals surface area (Å²) >= 11 is 0. The van der Waals surface area contributed by atoms with Crippen molar-refractivity contribution in [1.82, 2.24) is 14.7 Å². The molecule has 2 heterocycles. The largest absolute Gasteiger partial charge is 0.381 e. The van der Waals surface area contributed by atoms with E-state index in [0.29, 0.717) is 18.8 Å². The van der Waals surface area contributed by atoms with Crippen LogP contribution in [0.15, 0.2) is 12.3 Å². The molecule has 0 bridgehead atoms. The molecule has 100 valence electrons. The molecule has 6 heteroatoms. The van der Waals surface area contributed by atoms with Gasteiger partial charge in [-0.3, -0.25) is 9.48 Å². The zero-order valence-electron chi connectivity index (χ0n) is 10.9. The fourth-order valence-electron chi connectivity index (χ4n) is 2.40. The first kappa shape index (κ1) is 13.0. The number of carbonyl (C=O) groups excluding carboxylic acids is 1. The Labute approximate surface area is 107 Å². The van der Waals surface area contributed by atoms with Gasteiger partial charge in [0.15, 0.2) is 0 Å². The molecular weight excluding hydrogens is 232 g/mol. The number of hydrogen-bond donors (Lipinski definition) is 1. The van der Waals surface area contributed by atoms with E-state index in [2.05, 4.69) is 5.10 Å². The number of hydrogen-bond acceptors (Lipinski definition) is 4. The zero-order chi connectivity index (χ0) is 13.1. The summed E-state index contributed by atoms with van der Waals surface area (Å²) in [5.74, 6) is -0.0411. The van der Waals surface area contributed by atoms with E-state index in [0.717, 1.165) is 12.8 Å². The van der Waals surface area contributed by atoms with E-state index >= 15 is 0 Å². The maximum Gasteiger partial charge on any atom is 0.274 e. The van der Waals surface area contributed by atoms with Gasteiger partial charge in [-0.1, -0.05) is 0 Å². The number of methoxy groups -OCH3 is 1. The Morgan fingerprint density at radius 2 is 2.44 bits per heavy atom. The van der Waals surface area contributed by atoms with Crippen molar-refractivity contribution >= 4 is 5.91 Å². The molecule has 0 saturated carbocycles. The van der Waals surface area contributed by atoms with Crippen LogP contribution in [0.4, 0.5) is 0 Å². The molecule has 18 heavy (non-hydrogen) atoms. The molecule has 2 unspecified atom stereocenters. The maximum absolute atomic E-state index is 12.3. The smallest absolute Gasteiger partial charge is 0.274 e. The second kappa shape index (κ2) is 5.49. The van der Waals surface area contributed by atoms with Crippen LogP contribution in [0.1, 0.15) is 23.3 Å². The molecule has 1 aliphatic heterocycles. The molecule has 1 fully saturated rings. The maximum atomic E-state index is 12.3. The molecule has 1 saturated heterocycles. The standard InChI is InChI=1S/C12H20N4O2/c1-15-5-4-11(14-15)12(17)16-6-3-10(18-2)7-9(16)8-13/h4-5,9-10H,3,6-8,13H2,1-2H3. The summed E-state index contributed by atoms with van der Waals surface area (Å²) in [6, 6.07) is 1.77. The van der Waals surface area contributed by atoms with Crippen molar-refractivity contribution in [2.75, 3.05) is 20.2 Å². The van der Waals surface area contributed by atoms with Crippen LogP contribution >= 0.6 is 0 Å². The van der Waals surface area contributed by atoms with Gasteiger partial charge in [-0.15, -0.1) is 0 Å². The van der Waals surface area contributed by atoms with Gasteiger partial charge in [0.25, 0.3) is 5.91 Å². The summed E-state index contributed by atoms with van der Waals surface area (Å²) in [7, 11) is 3.50. The van der Waals surface area contributed by atoms with Crippen LogP contribution in [0.3, 0.4) is 0 Å². The minimum Gasteiger partial charge on any atom is -0.381 e. The van der Waals surface area contributed by atoms with E-state index in [9.17, 15) is 4.79 Å². The molecule has 2 atom stereocenters. The Kier molecular flexibility index (Phi) is 3.98. The van der Waals surface area contributed by atoms with Crippen LogP contribution in [0.5, 0.6) is 0 Å². The first-order valence-electron chi connectivity index (χ1n) is 6.19. The van der Waals surface area contributed by atoms with Gasteiger partial charge in [-0.05, 0) is 18.9 Å². The fraction of sp³-hybridized carbons (Fsp3) is 0.667. The Morgan fingerprint density at radius 3 is 3.00 bits per heavy atom. The van der Waals surface area contributed by atoms with Gasteiger partial charge in [-0.25, -0.2) is 0 Å². The summed E-state index contributed by atoms with van der Waals surface area (Å²) in [5.41, 5.74) is 6.24. The number of ether oxygens (including phenoxy) is 1. The summed E-state index contributed by atoms with van der Waals surface area (Å²) in [6.07, 6.45) is 3.62. The third kappa shape index (κ3) is 2.54. The number of aryl methyl sites for hydroxylation is 1. The Hall–Kier alpha value is -1.40. The molecule has 2 rings (SSSR count). The number of piperidine rings is 1. The Bertz CT molecular complexity index is 418. The summed E-state index contributed by atoms with van der Waals surface area (Å²) < 4.78 is 6.98. The second-order valence-corrected chi connectivity index (χ2v) is 4.64. The number of nitrogens with two attached hydrogens (primary N) is 1. The van der Waals surface area contributed by atoms with Crippen molar-refractivity contribution < 1.29 is 9.53 Å². The SMILES string of the molecule is COC1CCN(C(=O)c2ccn(C)n2)C(CN)C1. The minimum atomic E-state index is -0.0411. The topological polar surface area (TPSA) is 73.4 Å². The lowest BCUT2D eigenvalue weighted by atomic mass is 9.99. The summed E-state index contributed by atoms with van der Waals surface area (Å²) in [4.78, 5) is 14.1. The monoisotopic (exact) mass is 252 g/mol. The van der Waals surface area contributed by atoms with Crippen LogP contribution in [-0.4, -0.2) is 52.9 Å². The van der Waals surface area contributed by atoms with Gasteiger partial charge in [0.05, 0.1) is 6.10 Å². The first-order chi connectivity index (χ1) is 8.65. The third-order valence-electron chi connectivity index (χ3n) is 3.47. The van der Waals surface area contributed by atoms with E-state index < -0.39 is 0 Å². The van der Waals surface area contributed by atoms with Gasteiger partial charge >= 0.3 is 0 Å². The van der Waals surface area contributed by atoms with Crippen molar-refractivity contribution in [3.8, 4) is 0 Å². The lowest BCUT2D eigenvalue weighted by molar-refractivity contribution is 0.0136. The van der Waals surface area contributed by atoms with Gasteiger partial charge in [-0.2, -0.15) is 5.10 Å². The number of aromatic nitrogens is 2. The second-order valence-electron chi connectivity index (χ2n) is 4.64. The molecular formula is C12H20N4O2. The van der Waals surface area contributed by atoms with Crippen molar-refractivity contribution in [1.29, 1.82) is 0 Å².